The van der Waals surface area contributed by atoms with Crippen LogP contribution < -0.4 is 0 Å². The molecule has 2 aromatic rings. The molecule has 0 saturated heterocycles. The van der Waals surface area contributed by atoms with Gasteiger partial charge in [0.25, 0.3) is 0 Å². The first-order valence-electron chi connectivity index (χ1n) is 10.6. The molecule has 2 aromatic carbocycles. The lowest BCUT2D eigenvalue weighted by molar-refractivity contribution is -0.113. The fraction of sp³-hybridized carbons (Fsp3) is 0.231. The predicted octanol–water partition coefficient (Wildman–Crippen LogP) is 4.51. The Kier molecular flexibility index (Phi) is 5.38. The molecule has 0 atom stereocenters. The van der Waals surface area contributed by atoms with Crippen molar-refractivity contribution in [2.75, 3.05) is 0 Å². The lowest BCUT2D eigenvalue weighted by Crippen LogP contribution is -2.37. The van der Waals surface area contributed by atoms with Gasteiger partial charge in [0, 0.05) is 28.2 Å². The molecule has 0 spiro atoms. The number of carbonyl (C=O) groups is 4. The highest BCUT2D eigenvalue weighted by Gasteiger charge is 2.46. The minimum absolute atomic E-state index is 0.0802. The average Bonchev–Trinajstić information content (AvgIpc) is 2.82. The van der Waals surface area contributed by atoms with Gasteiger partial charge >= 0.3 is 0 Å². The Morgan fingerprint density at radius 3 is 1.28 bits per heavy atom. The molecule has 0 radical (unpaired) electrons. The van der Waals surface area contributed by atoms with E-state index in [1.807, 2.05) is 13.8 Å². The number of rotatable bonds is 5. The number of carbonyl (C=O) groups excluding carboxylic acids is 4. The number of Topliss-reactive ketones (excluding diaryl/α,β-unsaturated/α-hetero) is 4. The summed E-state index contributed by atoms with van der Waals surface area (Å²) in [5.41, 5.74) is 0.0542. The van der Waals surface area contributed by atoms with Crippen LogP contribution in [0.25, 0.3) is 11.5 Å². The topological polar surface area (TPSA) is 109 Å². The highest BCUT2D eigenvalue weighted by Crippen LogP contribution is 2.44. The molecule has 0 saturated carbocycles. The maximum atomic E-state index is 13.2. The number of allylic oxidation sites excluding steroid dienone is 2. The third-order valence-electron chi connectivity index (χ3n) is 6.41. The van der Waals surface area contributed by atoms with Crippen molar-refractivity contribution in [1.29, 1.82) is 0 Å². The van der Waals surface area contributed by atoms with Gasteiger partial charge < -0.3 is 10.2 Å². The van der Waals surface area contributed by atoms with E-state index in [0.717, 1.165) is 0 Å². The van der Waals surface area contributed by atoms with Gasteiger partial charge in [-0.05, 0) is 5.92 Å². The van der Waals surface area contributed by atoms with E-state index in [1.165, 1.54) is 24.3 Å². The largest absolute Gasteiger partial charge is 0.507 e. The highest BCUT2D eigenvalue weighted by atomic mass is 16.3. The monoisotopic (exact) mass is 430 g/mol. The molecule has 0 bridgehead atoms. The number of ketones is 4. The molecule has 32 heavy (non-hydrogen) atoms. The van der Waals surface area contributed by atoms with Crippen LogP contribution in [0, 0.1) is 11.8 Å². The molecule has 162 valence electrons. The normalized spacial score (nSPS) is 16.2. The third kappa shape index (κ3) is 3.02. The van der Waals surface area contributed by atoms with Crippen molar-refractivity contribution in [3.8, 4) is 0 Å². The van der Waals surface area contributed by atoms with Gasteiger partial charge in [0.05, 0.1) is 11.1 Å². The van der Waals surface area contributed by atoms with Crippen LogP contribution in [0.4, 0.5) is 0 Å². The fourth-order valence-electron chi connectivity index (χ4n) is 4.72. The zero-order valence-electron chi connectivity index (χ0n) is 17.7. The second-order valence-electron chi connectivity index (χ2n) is 7.99. The Balaban J connectivity index is 2.04. The molecule has 2 aliphatic carbocycles. The van der Waals surface area contributed by atoms with Gasteiger partial charge in [0.2, 0.25) is 23.1 Å². The minimum atomic E-state index is -1.11. The van der Waals surface area contributed by atoms with Crippen molar-refractivity contribution < 1.29 is 29.4 Å². The summed E-state index contributed by atoms with van der Waals surface area (Å²) in [6.45, 7) is 3.70. The quantitative estimate of drug-likeness (QED) is 0.676. The molecule has 6 heteroatoms. The van der Waals surface area contributed by atoms with Crippen molar-refractivity contribution in [3.63, 3.8) is 0 Å². The van der Waals surface area contributed by atoms with E-state index in [1.54, 1.807) is 24.3 Å². The predicted molar refractivity (Wildman–Crippen MR) is 118 cm³/mol. The molecule has 0 amide bonds. The van der Waals surface area contributed by atoms with Gasteiger partial charge in [0.15, 0.2) is 0 Å². The van der Waals surface area contributed by atoms with Gasteiger partial charge in [-0.15, -0.1) is 0 Å². The maximum absolute atomic E-state index is 13.2. The van der Waals surface area contributed by atoms with Crippen LogP contribution in [-0.4, -0.2) is 33.3 Å². The van der Waals surface area contributed by atoms with Crippen molar-refractivity contribution in [2.24, 2.45) is 11.8 Å². The molecule has 0 fully saturated rings. The fourth-order valence-corrected chi connectivity index (χ4v) is 4.72. The van der Waals surface area contributed by atoms with Crippen LogP contribution in [0.1, 0.15) is 58.5 Å². The number of fused-ring (bicyclic) bond motifs is 2. The smallest absolute Gasteiger partial charge is 0.234 e. The molecule has 2 N–H and O–H groups in total. The highest BCUT2D eigenvalue weighted by molar-refractivity contribution is 6.54. The van der Waals surface area contributed by atoms with Crippen LogP contribution >= 0.6 is 0 Å². The number of hydrogen-bond donors (Lipinski definition) is 2. The second-order valence-corrected chi connectivity index (χ2v) is 7.99. The van der Waals surface area contributed by atoms with Crippen LogP contribution in [0.15, 0.2) is 59.7 Å². The van der Waals surface area contributed by atoms with Crippen molar-refractivity contribution in [2.45, 2.75) is 26.7 Å². The lowest BCUT2D eigenvalue weighted by atomic mass is 9.68. The average molecular weight is 430 g/mol. The molecule has 0 aliphatic heterocycles. The van der Waals surface area contributed by atoms with E-state index in [-0.39, 0.29) is 39.3 Å². The van der Waals surface area contributed by atoms with E-state index >= 15 is 0 Å². The van der Waals surface area contributed by atoms with Gasteiger partial charge in [-0.25, -0.2) is 0 Å². The van der Waals surface area contributed by atoms with Gasteiger partial charge in [-0.2, -0.15) is 0 Å². The molecule has 2 aliphatic rings. The standard InChI is InChI=1S/C26H22O6/c1-3-13(4-2)18(19-21(27)14-9-5-7-11-16(14)23(29)25(19)31)20-22(28)15-10-6-8-12-17(15)24(30)26(20)32/h5-13,18,27-28H,3-4H2,1-2H3. The first-order chi connectivity index (χ1) is 15.3. The van der Waals surface area contributed by atoms with E-state index in [0.29, 0.717) is 12.8 Å². The minimum Gasteiger partial charge on any atom is -0.507 e. The third-order valence-corrected chi connectivity index (χ3v) is 6.41. The summed E-state index contributed by atoms with van der Waals surface area (Å²) in [6.07, 6.45) is 0.974. The summed E-state index contributed by atoms with van der Waals surface area (Å²) < 4.78 is 0. The van der Waals surface area contributed by atoms with Gasteiger partial charge in [-0.1, -0.05) is 75.2 Å². The first-order valence-corrected chi connectivity index (χ1v) is 10.6. The Hall–Kier alpha value is -3.80. The van der Waals surface area contributed by atoms with Crippen molar-refractivity contribution in [1.82, 2.24) is 0 Å². The van der Waals surface area contributed by atoms with E-state index in [9.17, 15) is 29.4 Å². The van der Waals surface area contributed by atoms with Crippen LogP contribution in [0.5, 0.6) is 0 Å². The molecule has 0 unspecified atom stereocenters. The zero-order valence-corrected chi connectivity index (χ0v) is 17.7. The van der Waals surface area contributed by atoms with E-state index < -0.39 is 40.6 Å². The molecular weight excluding hydrogens is 408 g/mol. The van der Waals surface area contributed by atoms with E-state index in [2.05, 4.69) is 0 Å². The lowest BCUT2D eigenvalue weighted by Gasteiger charge is -2.33. The summed E-state index contributed by atoms with van der Waals surface area (Å²) in [7, 11) is 0. The van der Waals surface area contributed by atoms with Crippen LogP contribution in [0.3, 0.4) is 0 Å². The number of benzene rings is 2. The Morgan fingerprint density at radius 2 is 0.938 bits per heavy atom. The van der Waals surface area contributed by atoms with E-state index in [4.69, 9.17) is 0 Å². The number of aliphatic hydroxyl groups excluding tert-OH is 2. The summed E-state index contributed by atoms with van der Waals surface area (Å²) in [6, 6.07) is 12.4. The summed E-state index contributed by atoms with van der Waals surface area (Å²) in [5.74, 6) is -5.75. The van der Waals surface area contributed by atoms with Crippen LogP contribution in [-0.2, 0) is 9.59 Å². The van der Waals surface area contributed by atoms with Crippen LogP contribution in [0.2, 0.25) is 0 Å². The summed E-state index contributed by atoms with van der Waals surface area (Å²) in [5, 5.41) is 22.2. The Morgan fingerprint density at radius 1 is 0.594 bits per heavy atom. The molecule has 4 rings (SSSR count). The maximum Gasteiger partial charge on any atom is 0.234 e. The number of aliphatic hydroxyl groups is 2. The van der Waals surface area contributed by atoms with Crippen molar-refractivity contribution in [3.05, 3.63) is 81.9 Å². The Labute approximate surface area is 184 Å². The molecule has 0 heterocycles. The SMILES string of the molecule is CCC(CC)C(C1=C(O)c2ccccc2C(=O)C1=O)C1=C(O)c2ccccc2C(=O)C1=O. The number of hydrogen-bond acceptors (Lipinski definition) is 6. The molecule has 6 nitrogen and oxygen atoms in total. The summed E-state index contributed by atoms with van der Waals surface area (Å²) >= 11 is 0. The molecular formula is C26H22O6. The van der Waals surface area contributed by atoms with Gasteiger partial charge in [0.1, 0.15) is 11.5 Å². The van der Waals surface area contributed by atoms with Crippen molar-refractivity contribution >= 4 is 34.7 Å². The van der Waals surface area contributed by atoms with Gasteiger partial charge in [-0.3, -0.25) is 19.2 Å². The zero-order chi connectivity index (χ0) is 23.2. The first kappa shape index (κ1) is 21.4. The second kappa shape index (κ2) is 8.04. The Bertz CT molecular complexity index is 1150. The summed E-state index contributed by atoms with van der Waals surface area (Å²) in [4.78, 5) is 52.1. The molecule has 0 aromatic heterocycles.